The number of non-ortho nitro benzene ring substituents is 1. The molecule has 0 fully saturated rings. The van der Waals surface area contributed by atoms with Crippen molar-refractivity contribution in [3.05, 3.63) is 86.8 Å². The number of aromatic nitrogens is 2. The number of azo groups is 1. The van der Waals surface area contributed by atoms with Crippen molar-refractivity contribution in [2.75, 3.05) is 0 Å². The van der Waals surface area contributed by atoms with Crippen LogP contribution in [-0.4, -0.2) is 27.7 Å². The van der Waals surface area contributed by atoms with Gasteiger partial charge in [-0.3, -0.25) is 24.6 Å². The summed E-state index contributed by atoms with van der Waals surface area (Å²) >= 11 is 0. The summed E-state index contributed by atoms with van der Waals surface area (Å²) in [5, 5.41) is 22.3. The van der Waals surface area contributed by atoms with Gasteiger partial charge in [0, 0.05) is 17.5 Å². The number of hydrogen-bond acceptors (Lipinski definition) is 7. The molecule has 12 heteroatoms. The summed E-state index contributed by atoms with van der Waals surface area (Å²) in [6, 6.07) is 14.9. The number of aromatic amines is 1. The van der Waals surface area contributed by atoms with Gasteiger partial charge in [-0.15, -0.1) is 10.2 Å². The topological polar surface area (TPSA) is 160 Å². The van der Waals surface area contributed by atoms with E-state index in [1.165, 1.54) is 36.4 Å². The predicted octanol–water partition coefficient (Wildman–Crippen LogP) is 4.20. The number of nitrogens with one attached hydrogen (secondary N) is 1. The predicted molar refractivity (Wildman–Crippen MR) is 116 cm³/mol. The monoisotopic (exact) mass is 453 g/mol. The molecule has 0 atom stereocenters. The zero-order valence-corrected chi connectivity index (χ0v) is 17.3. The van der Waals surface area contributed by atoms with E-state index in [0.717, 1.165) is 4.68 Å². The Balaban J connectivity index is 1.79. The van der Waals surface area contributed by atoms with Crippen LogP contribution in [0.25, 0.3) is 16.5 Å². The summed E-state index contributed by atoms with van der Waals surface area (Å²) < 4.78 is 34.9. The largest absolute Gasteiger partial charge is 0.299 e. The van der Waals surface area contributed by atoms with Crippen molar-refractivity contribution in [1.82, 2.24) is 9.78 Å². The number of nitro benzene ring substituents is 1. The van der Waals surface area contributed by atoms with Gasteiger partial charge in [0.1, 0.15) is 10.6 Å². The van der Waals surface area contributed by atoms with E-state index in [0.29, 0.717) is 16.8 Å². The minimum atomic E-state index is -4.63. The molecule has 4 aromatic rings. The third-order valence-corrected chi connectivity index (χ3v) is 5.68. The molecule has 0 aliphatic carbocycles. The second-order valence-electron chi connectivity index (χ2n) is 6.81. The third-order valence-electron chi connectivity index (χ3n) is 4.73. The highest BCUT2D eigenvalue weighted by Crippen LogP contribution is 2.33. The van der Waals surface area contributed by atoms with Gasteiger partial charge in [0.15, 0.2) is 5.69 Å². The Morgan fingerprint density at radius 2 is 1.72 bits per heavy atom. The maximum atomic E-state index is 12.8. The second-order valence-corrected chi connectivity index (χ2v) is 8.17. The normalized spacial score (nSPS) is 11.9. The summed E-state index contributed by atoms with van der Waals surface area (Å²) in [4.78, 5) is 22.6. The van der Waals surface area contributed by atoms with Crippen molar-refractivity contribution in [1.29, 1.82) is 0 Å². The molecule has 0 saturated carbocycles. The number of rotatable bonds is 5. The molecule has 0 spiro atoms. The number of aryl methyl sites for hydroxylation is 1. The molecule has 0 saturated heterocycles. The molecule has 0 radical (unpaired) electrons. The Morgan fingerprint density at radius 3 is 2.38 bits per heavy atom. The van der Waals surface area contributed by atoms with Crippen molar-refractivity contribution in [2.24, 2.45) is 10.2 Å². The average molecular weight is 453 g/mol. The van der Waals surface area contributed by atoms with Crippen molar-refractivity contribution >= 4 is 38.0 Å². The lowest BCUT2D eigenvalue weighted by molar-refractivity contribution is -0.384. The third kappa shape index (κ3) is 3.79. The van der Waals surface area contributed by atoms with E-state index in [2.05, 4.69) is 15.3 Å². The number of hydrogen-bond donors (Lipinski definition) is 2. The lowest BCUT2D eigenvalue weighted by Crippen LogP contribution is -2.13. The molecular weight excluding hydrogens is 438 g/mol. The number of benzene rings is 3. The van der Waals surface area contributed by atoms with Crippen LogP contribution < -0.4 is 5.56 Å². The molecule has 1 heterocycles. The van der Waals surface area contributed by atoms with Crippen LogP contribution in [0.5, 0.6) is 0 Å². The van der Waals surface area contributed by atoms with Gasteiger partial charge in [0.25, 0.3) is 21.4 Å². The highest BCUT2D eigenvalue weighted by molar-refractivity contribution is 7.86. The second kappa shape index (κ2) is 7.83. The molecule has 3 aromatic carbocycles. The van der Waals surface area contributed by atoms with Gasteiger partial charge in [0.05, 0.1) is 16.3 Å². The van der Waals surface area contributed by atoms with Gasteiger partial charge >= 0.3 is 0 Å². The quantitative estimate of drug-likeness (QED) is 0.199. The Labute approximate surface area is 180 Å². The minimum Gasteiger partial charge on any atom is -0.293 e. The zero-order valence-electron chi connectivity index (χ0n) is 16.5. The van der Waals surface area contributed by atoms with Gasteiger partial charge in [-0.2, -0.15) is 8.42 Å². The first kappa shape index (κ1) is 21.1. The fourth-order valence-electron chi connectivity index (χ4n) is 3.25. The summed E-state index contributed by atoms with van der Waals surface area (Å²) in [7, 11) is -4.63. The molecule has 11 nitrogen and oxygen atoms in total. The summed E-state index contributed by atoms with van der Waals surface area (Å²) in [6.07, 6.45) is 0. The maximum Gasteiger partial charge on any atom is 0.299 e. The minimum absolute atomic E-state index is 0.0854. The average Bonchev–Trinajstić information content (AvgIpc) is 3.04. The lowest BCUT2D eigenvalue weighted by Gasteiger charge is -2.06. The number of H-pyrrole nitrogens is 1. The first-order chi connectivity index (χ1) is 15.2. The fraction of sp³-hybridized carbons (Fsp3) is 0.0500. The van der Waals surface area contributed by atoms with E-state index in [1.54, 1.807) is 31.2 Å². The van der Waals surface area contributed by atoms with E-state index < -0.39 is 25.5 Å². The molecule has 162 valence electrons. The van der Waals surface area contributed by atoms with Crippen LogP contribution >= 0.6 is 0 Å². The molecule has 1 aromatic heterocycles. The first-order valence-electron chi connectivity index (χ1n) is 9.14. The van der Waals surface area contributed by atoms with E-state index in [1.807, 2.05) is 0 Å². The highest BCUT2D eigenvalue weighted by atomic mass is 32.2. The van der Waals surface area contributed by atoms with Crippen molar-refractivity contribution in [3.63, 3.8) is 0 Å². The molecular formula is C20H15N5O6S. The van der Waals surface area contributed by atoms with Crippen molar-refractivity contribution < 1.29 is 17.9 Å². The van der Waals surface area contributed by atoms with Gasteiger partial charge in [-0.05, 0) is 30.5 Å². The summed E-state index contributed by atoms with van der Waals surface area (Å²) in [6.45, 7) is 1.57. The van der Waals surface area contributed by atoms with Crippen LogP contribution in [0.15, 0.2) is 80.6 Å². The number of nitrogens with zero attached hydrogens (tertiary/aromatic N) is 4. The summed E-state index contributed by atoms with van der Waals surface area (Å²) in [5.41, 5.74) is -0.250. The lowest BCUT2D eigenvalue weighted by atomic mass is 10.1. The van der Waals surface area contributed by atoms with Crippen LogP contribution in [0.3, 0.4) is 0 Å². The summed E-state index contributed by atoms with van der Waals surface area (Å²) in [5.74, 6) is 0. The molecule has 0 aliphatic heterocycles. The standard InChI is InChI=1S/C20H15N5O6S/c1-12-18(20(26)24(23-12)14-7-9-15(10-8-14)25(27)28)22-21-17-11-6-13-4-2-3-5-16(13)19(17)32(29,30)31/h2-11,23H,1H3,(H,29,30,31). The Bertz CT molecular complexity index is 1550. The van der Waals surface area contributed by atoms with Crippen molar-refractivity contribution in [3.8, 4) is 5.69 Å². The zero-order chi connectivity index (χ0) is 23.0. The molecule has 0 unspecified atom stereocenters. The van der Waals surface area contributed by atoms with Gasteiger partial charge in [-0.25, -0.2) is 4.68 Å². The van der Waals surface area contributed by atoms with Gasteiger partial charge in [0.2, 0.25) is 0 Å². The van der Waals surface area contributed by atoms with E-state index in [9.17, 15) is 27.9 Å². The van der Waals surface area contributed by atoms with Gasteiger partial charge in [-0.1, -0.05) is 30.3 Å². The van der Waals surface area contributed by atoms with Crippen LogP contribution in [-0.2, 0) is 10.1 Å². The number of fused-ring (bicyclic) bond motifs is 1. The number of nitro groups is 1. The highest BCUT2D eigenvalue weighted by Gasteiger charge is 2.20. The van der Waals surface area contributed by atoms with Crippen LogP contribution in [0.1, 0.15) is 5.69 Å². The Morgan fingerprint density at radius 1 is 1.03 bits per heavy atom. The first-order valence-corrected chi connectivity index (χ1v) is 10.6. The van der Waals surface area contributed by atoms with E-state index in [-0.39, 0.29) is 22.4 Å². The SMILES string of the molecule is Cc1[nH]n(-c2ccc([N+](=O)[O-])cc2)c(=O)c1N=Nc1ccc2ccccc2c1S(=O)(=O)O. The molecule has 0 amide bonds. The van der Waals surface area contributed by atoms with E-state index in [4.69, 9.17) is 0 Å². The Kier molecular flexibility index (Phi) is 5.16. The Hall–Kier alpha value is -4.16. The molecule has 2 N–H and O–H groups in total. The smallest absolute Gasteiger partial charge is 0.293 e. The van der Waals surface area contributed by atoms with Crippen molar-refractivity contribution in [2.45, 2.75) is 11.8 Å². The molecule has 32 heavy (non-hydrogen) atoms. The maximum absolute atomic E-state index is 12.8. The van der Waals surface area contributed by atoms with Crippen LogP contribution in [0.2, 0.25) is 0 Å². The van der Waals surface area contributed by atoms with Crippen LogP contribution in [0, 0.1) is 17.0 Å². The fourth-order valence-corrected chi connectivity index (χ4v) is 4.08. The van der Waals surface area contributed by atoms with E-state index >= 15 is 0 Å². The molecule has 0 aliphatic rings. The molecule has 4 rings (SSSR count). The molecule has 0 bridgehead atoms. The van der Waals surface area contributed by atoms with Crippen LogP contribution in [0.4, 0.5) is 17.1 Å². The van der Waals surface area contributed by atoms with Gasteiger partial charge < -0.3 is 0 Å².